The lowest BCUT2D eigenvalue weighted by Gasteiger charge is -2.27. The third-order valence-corrected chi connectivity index (χ3v) is 6.41. The third kappa shape index (κ3) is 8.82. The molecule has 0 unspecified atom stereocenters. The van der Waals surface area contributed by atoms with Crippen LogP contribution in [0.4, 0.5) is 21.9 Å². The normalized spacial score (nSPS) is 10.3. The fourth-order valence-electron chi connectivity index (χ4n) is 4.10. The smallest absolute Gasteiger partial charge is 0.319 e. The van der Waals surface area contributed by atoms with Gasteiger partial charge < -0.3 is 25.2 Å². The number of ether oxygens (including phenoxy) is 1. The van der Waals surface area contributed by atoms with Gasteiger partial charge in [0, 0.05) is 31.5 Å². The van der Waals surface area contributed by atoms with E-state index in [2.05, 4.69) is 10.6 Å². The van der Waals surface area contributed by atoms with E-state index in [1.165, 1.54) is 9.80 Å². The zero-order valence-corrected chi connectivity index (χ0v) is 23.9. The summed E-state index contributed by atoms with van der Waals surface area (Å²) in [5, 5.41) is 5.27. The Morgan fingerprint density at radius 2 is 1.49 bits per heavy atom. The van der Waals surface area contributed by atoms with Gasteiger partial charge in [-0.05, 0) is 62.7 Å². The molecule has 0 fully saturated rings. The summed E-state index contributed by atoms with van der Waals surface area (Å²) in [5.41, 5.74) is 2.53. The molecule has 0 saturated carbocycles. The number of para-hydroxylation sites is 3. The minimum absolute atomic E-state index is 0.197. The van der Waals surface area contributed by atoms with Gasteiger partial charge in [0.25, 0.3) is 5.91 Å². The highest BCUT2D eigenvalue weighted by Gasteiger charge is 2.25. The Balaban J connectivity index is 1.81. The van der Waals surface area contributed by atoms with Crippen LogP contribution >= 0.6 is 0 Å². The number of hydrogen-bond acceptors (Lipinski definition) is 5. The predicted octanol–water partition coefficient (Wildman–Crippen LogP) is 4.06. The molecule has 216 valence electrons. The summed E-state index contributed by atoms with van der Waals surface area (Å²) in [7, 11) is 1.62. The number of amides is 5. The molecule has 3 aromatic rings. The lowest BCUT2D eigenvalue weighted by molar-refractivity contribution is -0.133. The monoisotopic (exact) mass is 559 g/mol. The number of likely N-dealkylation sites (N-methyl/N-ethyl adjacent to an activating group) is 2. The van der Waals surface area contributed by atoms with Gasteiger partial charge in [-0.3, -0.25) is 19.3 Å². The summed E-state index contributed by atoms with van der Waals surface area (Å²) >= 11 is 0. The molecule has 0 heterocycles. The second-order valence-electron chi connectivity index (χ2n) is 9.27. The lowest BCUT2D eigenvalue weighted by Crippen LogP contribution is -2.46. The Kier molecular flexibility index (Phi) is 11.3. The summed E-state index contributed by atoms with van der Waals surface area (Å²) in [6.07, 6.45) is 0. The first-order valence-electron chi connectivity index (χ1n) is 13.5. The van der Waals surface area contributed by atoms with E-state index in [1.54, 1.807) is 60.5 Å². The number of carbonyl (C=O) groups excluding carboxylic acids is 4. The molecule has 0 bridgehead atoms. The Labute approximate surface area is 240 Å². The number of benzene rings is 3. The van der Waals surface area contributed by atoms with Crippen LogP contribution in [0.5, 0.6) is 5.75 Å². The first-order chi connectivity index (χ1) is 19.7. The highest BCUT2D eigenvalue weighted by Crippen LogP contribution is 2.29. The second-order valence-corrected chi connectivity index (χ2v) is 9.27. The van der Waals surface area contributed by atoms with Crippen LogP contribution in [0.3, 0.4) is 0 Å². The predicted molar refractivity (Wildman–Crippen MR) is 160 cm³/mol. The maximum Gasteiger partial charge on any atom is 0.319 e. The van der Waals surface area contributed by atoms with E-state index in [4.69, 9.17) is 4.74 Å². The van der Waals surface area contributed by atoms with Crippen molar-refractivity contribution in [2.45, 2.75) is 20.8 Å². The van der Waals surface area contributed by atoms with Crippen LogP contribution in [0.25, 0.3) is 0 Å². The summed E-state index contributed by atoms with van der Waals surface area (Å²) in [5.74, 6) is -0.828. The number of carbonyl (C=O) groups is 4. The number of urea groups is 1. The molecule has 0 aromatic heterocycles. The fourth-order valence-corrected chi connectivity index (χ4v) is 4.10. The van der Waals surface area contributed by atoms with E-state index in [0.29, 0.717) is 30.2 Å². The Morgan fingerprint density at radius 3 is 2.17 bits per heavy atom. The number of nitrogens with one attached hydrogen (secondary N) is 2. The van der Waals surface area contributed by atoms with Gasteiger partial charge in [-0.1, -0.05) is 42.5 Å². The molecule has 3 rings (SSSR count). The molecule has 0 saturated heterocycles. The summed E-state index contributed by atoms with van der Waals surface area (Å²) in [6.45, 7) is 5.82. The van der Waals surface area contributed by atoms with Crippen LogP contribution in [0.15, 0.2) is 78.9 Å². The average molecular weight is 560 g/mol. The van der Waals surface area contributed by atoms with Crippen molar-refractivity contribution in [3.05, 3.63) is 84.4 Å². The molecule has 0 spiro atoms. The number of aryl methyl sites for hydroxylation is 1. The van der Waals surface area contributed by atoms with E-state index < -0.39 is 11.9 Å². The summed E-state index contributed by atoms with van der Waals surface area (Å²) in [6, 6.07) is 22.4. The van der Waals surface area contributed by atoms with Crippen molar-refractivity contribution >= 4 is 40.8 Å². The highest BCUT2D eigenvalue weighted by atomic mass is 16.5. The molecule has 0 aliphatic carbocycles. The van der Waals surface area contributed by atoms with Gasteiger partial charge >= 0.3 is 6.03 Å². The maximum atomic E-state index is 13.5. The van der Waals surface area contributed by atoms with Crippen LogP contribution in [-0.4, -0.2) is 68.5 Å². The number of rotatable bonds is 12. The van der Waals surface area contributed by atoms with E-state index >= 15 is 0 Å². The van der Waals surface area contributed by atoms with Crippen molar-refractivity contribution in [1.29, 1.82) is 0 Å². The molecule has 2 N–H and O–H groups in total. The SMILES string of the molecule is CCN(CC)C(=O)COc1ccccc1N(CC(=O)N(C)c1ccccc1)C(=O)CNC(=O)Nc1cccc(C)c1. The second kappa shape index (κ2) is 15.1. The van der Waals surface area contributed by atoms with Crippen LogP contribution in [0.1, 0.15) is 19.4 Å². The standard InChI is InChI=1S/C31H37N5O5/c1-5-35(6-2)30(39)22-41-27-18-11-10-17-26(27)36(21-29(38)34(4)25-15-8-7-9-16-25)28(37)20-32-31(40)33-24-14-12-13-23(3)19-24/h7-19H,5-6,20-22H2,1-4H3,(H2,32,33,40). The number of hydrogen-bond donors (Lipinski definition) is 2. The Bertz CT molecular complexity index is 1340. The van der Waals surface area contributed by atoms with Crippen molar-refractivity contribution in [2.24, 2.45) is 0 Å². The molecule has 0 aliphatic rings. The first-order valence-corrected chi connectivity index (χ1v) is 13.5. The molecule has 0 aliphatic heterocycles. The molecule has 3 aromatic carbocycles. The van der Waals surface area contributed by atoms with Crippen molar-refractivity contribution < 1.29 is 23.9 Å². The maximum absolute atomic E-state index is 13.5. The van der Waals surface area contributed by atoms with Gasteiger partial charge in [0.15, 0.2) is 6.61 Å². The largest absolute Gasteiger partial charge is 0.482 e. The minimum atomic E-state index is -0.564. The molecule has 10 heteroatoms. The van der Waals surface area contributed by atoms with E-state index in [-0.39, 0.29) is 37.3 Å². The Hall–Kier alpha value is -4.86. The molecular weight excluding hydrogens is 522 g/mol. The molecule has 10 nitrogen and oxygen atoms in total. The van der Waals surface area contributed by atoms with Gasteiger partial charge in [-0.2, -0.15) is 0 Å². The van der Waals surface area contributed by atoms with Crippen molar-refractivity contribution in [1.82, 2.24) is 10.2 Å². The van der Waals surface area contributed by atoms with E-state index in [1.807, 2.05) is 51.1 Å². The van der Waals surface area contributed by atoms with Gasteiger partial charge in [-0.25, -0.2) is 4.79 Å². The third-order valence-electron chi connectivity index (χ3n) is 6.41. The van der Waals surface area contributed by atoms with E-state index in [0.717, 1.165) is 5.56 Å². The lowest BCUT2D eigenvalue weighted by atomic mass is 10.2. The van der Waals surface area contributed by atoms with E-state index in [9.17, 15) is 19.2 Å². The van der Waals surface area contributed by atoms with Crippen molar-refractivity contribution in [3.63, 3.8) is 0 Å². The van der Waals surface area contributed by atoms with Crippen LogP contribution in [-0.2, 0) is 14.4 Å². The Morgan fingerprint density at radius 1 is 0.805 bits per heavy atom. The summed E-state index contributed by atoms with van der Waals surface area (Å²) in [4.78, 5) is 56.3. The van der Waals surface area contributed by atoms with Crippen molar-refractivity contribution in [2.75, 3.05) is 55.0 Å². The van der Waals surface area contributed by atoms with Gasteiger partial charge in [0.05, 0.1) is 12.2 Å². The average Bonchev–Trinajstić information content (AvgIpc) is 2.98. The van der Waals surface area contributed by atoms with Crippen molar-refractivity contribution in [3.8, 4) is 5.75 Å². The molecule has 0 radical (unpaired) electrons. The first kappa shape index (κ1) is 30.7. The molecular formula is C31H37N5O5. The quantitative estimate of drug-likeness (QED) is 0.348. The van der Waals surface area contributed by atoms with Gasteiger partial charge in [0.2, 0.25) is 11.8 Å². The highest BCUT2D eigenvalue weighted by molar-refractivity contribution is 6.06. The zero-order valence-electron chi connectivity index (χ0n) is 23.9. The molecule has 5 amide bonds. The fraction of sp³-hybridized carbons (Fsp3) is 0.290. The van der Waals surface area contributed by atoms with Crippen LogP contribution < -0.4 is 25.2 Å². The van der Waals surface area contributed by atoms with Crippen LogP contribution in [0.2, 0.25) is 0 Å². The molecule has 41 heavy (non-hydrogen) atoms. The van der Waals surface area contributed by atoms with Gasteiger partial charge in [0.1, 0.15) is 12.3 Å². The topological polar surface area (TPSA) is 111 Å². The zero-order chi connectivity index (χ0) is 29.8. The van der Waals surface area contributed by atoms with Gasteiger partial charge in [-0.15, -0.1) is 0 Å². The minimum Gasteiger partial charge on any atom is -0.482 e. The summed E-state index contributed by atoms with van der Waals surface area (Å²) < 4.78 is 5.85. The molecule has 0 atom stereocenters. The number of nitrogens with zero attached hydrogens (tertiary/aromatic N) is 3. The van der Waals surface area contributed by atoms with Crippen LogP contribution in [0, 0.1) is 6.92 Å². The number of anilines is 3.